The lowest BCUT2D eigenvalue weighted by Gasteiger charge is -2.10. The van der Waals surface area contributed by atoms with Crippen LogP contribution < -0.4 is 10.6 Å². The highest BCUT2D eigenvalue weighted by atomic mass is 35.5. The molecule has 0 bridgehead atoms. The van der Waals surface area contributed by atoms with Gasteiger partial charge in [-0.15, -0.1) is 0 Å². The third-order valence-electron chi connectivity index (χ3n) is 3.05. The van der Waals surface area contributed by atoms with Gasteiger partial charge in [0, 0.05) is 25.1 Å². The second-order valence-corrected chi connectivity index (χ2v) is 5.49. The van der Waals surface area contributed by atoms with E-state index >= 15 is 0 Å². The lowest BCUT2D eigenvalue weighted by molar-refractivity contribution is 1.07. The molecule has 0 saturated heterocycles. The van der Waals surface area contributed by atoms with Crippen molar-refractivity contribution in [1.29, 1.82) is 0 Å². The van der Waals surface area contributed by atoms with Crippen molar-refractivity contribution in [2.45, 2.75) is 6.54 Å². The SMILES string of the molecule is Clc1cccc(Nc2nccc(NCc3cccnc3)n2)c1Cl. The second-order valence-electron chi connectivity index (χ2n) is 4.71. The summed E-state index contributed by atoms with van der Waals surface area (Å²) in [6.07, 6.45) is 5.21. The maximum absolute atomic E-state index is 6.15. The zero-order chi connectivity index (χ0) is 16.1. The van der Waals surface area contributed by atoms with E-state index in [1.54, 1.807) is 36.8 Å². The van der Waals surface area contributed by atoms with Crippen molar-refractivity contribution in [2.24, 2.45) is 0 Å². The van der Waals surface area contributed by atoms with E-state index in [0.717, 1.165) is 5.56 Å². The Hall–Kier alpha value is -2.37. The van der Waals surface area contributed by atoms with Gasteiger partial charge in [0.05, 0.1) is 15.7 Å². The van der Waals surface area contributed by atoms with Crippen molar-refractivity contribution in [3.05, 3.63) is 70.6 Å². The smallest absolute Gasteiger partial charge is 0.229 e. The Labute approximate surface area is 143 Å². The molecule has 0 spiro atoms. The largest absolute Gasteiger partial charge is 0.366 e. The van der Waals surface area contributed by atoms with Gasteiger partial charge >= 0.3 is 0 Å². The molecule has 2 aromatic heterocycles. The monoisotopic (exact) mass is 345 g/mol. The van der Waals surface area contributed by atoms with Crippen molar-refractivity contribution in [1.82, 2.24) is 15.0 Å². The Morgan fingerprint density at radius 2 is 1.91 bits per heavy atom. The highest BCUT2D eigenvalue weighted by Gasteiger charge is 2.06. The third-order valence-corrected chi connectivity index (χ3v) is 3.87. The van der Waals surface area contributed by atoms with Crippen molar-refractivity contribution >= 4 is 40.7 Å². The molecule has 0 aliphatic rings. The number of hydrogen-bond acceptors (Lipinski definition) is 5. The van der Waals surface area contributed by atoms with Gasteiger partial charge in [0.15, 0.2) is 0 Å². The summed E-state index contributed by atoms with van der Waals surface area (Å²) >= 11 is 12.1. The molecular weight excluding hydrogens is 333 g/mol. The molecule has 7 heteroatoms. The van der Waals surface area contributed by atoms with Crippen LogP contribution >= 0.6 is 23.2 Å². The number of nitrogens with one attached hydrogen (secondary N) is 2. The molecule has 0 atom stereocenters. The standard InChI is InChI=1S/C16H13Cl2N5/c17-12-4-1-5-13(15(12)18)22-16-20-8-6-14(23-16)21-10-11-3-2-7-19-9-11/h1-9H,10H2,(H2,20,21,22,23). The molecule has 3 rings (SSSR count). The normalized spacial score (nSPS) is 10.3. The van der Waals surface area contributed by atoms with E-state index < -0.39 is 0 Å². The predicted molar refractivity (Wildman–Crippen MR) is 93.3 cm³/mol. The maximum Gasteiger partial charge on any atom is 0.229 e. The van der Waals surface area contributed by atoms with Crippen LogP contribution in [0.1, 0.15) is 5.56 Å². The number of pyridine rings is 1. The van der Waals surface area contributed by atoms with Gasteiger partial charge < -0.3 is 10.6 Å². The van der Waals surface area contributed by atoms with Crippen LogP contribution in [0.15, 0.2) is 55.0 Å². The highest BCUT2D eigenvalue weighted by molar-refractivity contribution is 6.43. The van der Waals surface area contributed by atoms with Crippen LogP contribution in [0.3, 0.4) is 0 Å². The number of aromatic nitrogens is 3. The van der Waals surface area contributed by atoms with Crippen molar-refractivity contribution < 1.29 is 0 Å². The molecule has 23 heavy (non-hydrogen) atoms. The summed E-state index contributed by atoms with van der Waals surface area (Å²) in [6.45, 7) is 0.627. The van der Waals surface area contributed by atoms with Gasteiger partial charge in [0.25, 0.3) is 0 Å². The summed E-state index contributed by atoms with van der Waals surface area (Å²) < 4.78 is 0. The van der Waals surface area contributed by atoms with Gasteiger partial charge in [0.2, 0.25) is 5.95 Å². The van der Waals surface area contributed by atoms with Gasteiger partial charge in [-0.3, -0.25) is 4.98 Å². The fourth-order valence-electron chi connectivity index (χ4n) is 1.93. The molecule has 0 fully saturated rings. The Bertz CT molecular complexity index is 795. The molecule has 1 aromatic carbocycles. The first-order valence-electron chi connectivity index (χ1n) is 6.89. The van der Waals surface area contributed by atoms with Gasteiger partial charge in [-0.1, -0.05) is 35.3 Å². The van der Waals surface area contributed by atoms with Crippen LogP contribution in [-0.2, 0) is 6.54 Å². The minimum absolute atomic E-state index is 0.436. The van der Waals surface area contributed by atoms with Crippen LogP contribution in [0.4, 0.5) is 17.5 Å². The summed E-state index contributed by atoms with van der Waals surface area (Å²) in [5.74, 6) is 1.13. The fraction of sp³-hybridized carbons (Fsp3) is 0.0625. The minimum Gasteiger partial charge on any atom is -0.366 e. The van der Waals surface area contributed by atoms with Gasteiger partial charge in [-0.05, 0) is 29.8 Å². The van der Waals surface area contributed by atoms with Gasteiger partial charge in [-0.25, -0.2) is 4.98 Å². The van der Waals surface area contributed by atoms with Crippen molar-refractivity contribution in [3.8, 4) is 0 Å². The van der Waals surface area contributed by atoms with E-state index in [2.05, 4.69) is 25.6 Å². The molecule has 0 saturated carbocycles. The van der Waals surface area contributed by atoms with Gasteiger partial charge in [0.1, 0.15) is 5.82 Å². The van der Waals surface area contributed by atoms with Gasteiger partial charge in [-0.2, -0.15) is 4.98 Å². The summed E-state index contributed by atoms with van der Waals surface area (Å²) in [5, 5.41) is 7.19. The van der Waals surface area contributed by atoms with E-state index in [1.807, 2.05) is 18.2 Å². The van der Waals surface area contributed by atoms with E-state index in [1.165, 1.54) is 0 Å². The molecule has 3 aromatic rings. The molecule has 2 N–H and O–H groups in total. The molecule has 0 amide bonds. The summed E-state index contributed by atoms with van der Waals surface area (Å²) in [5.41, 5.74) is 1.72. The van der Waals surface area contributed by atoms with E-state index in [9.17, 15) is 0 Å². The Morgan fingerprint density at radius 1 is 1.00 bits per heavy atom. The molecule has 0 aliphatic heterocycles. The fourth-order valence-corrected chi connectivity index (χ4v) is 2.28. The first-order valence-corrected chi connectivity index (χ1v) is 7.65. The lowest BCUT2D eigenvalue weighted by atomic mass is 10.3. The molecule has 0 radical (unpaired) electrons. The lowest BCUT2D eigenvalue weighted by Crippen LogP contribution is -2.04. The first kappa shape index (κ1) is 15.5. The summed E-state index contributed by atoms with van der Waals surface area (Å²) in [7, 11) is 0. The molecule has 0 unspecified atom stereocenters. The summed E-state index contributed by atoms with van der Waals surface area (Å²) in [6, 6.07) is 11.0. The maximum atomic E-state index is 6.15. The zero-order valence-corrected chi connectivity index (χ0v) is 13.5. The van der Waals surface area contributed by atoms with Crippen LogP contribution in [0.2, 0.25) is 10.0 Å². The number of nitrogens with zero attached hydrogens (tertiary/aromatic N) is 3. The Kier molecular flexibility index (Phi) is 4.90. The quantitative estimate of drug-likeness (QED) is 0.710. The minimum atomic E-state index is 0.436. The van der Waals surface area contributed by atoms with E-state index in [0.29, 0.717) is 34.0 Å². The van der Waals surface area contributed by atoms with Crippen molar-refractivity contribution in [3.63, 3.8) is 0 Å². The average Bonchev–Trinajstić information content (AvgIpc) is 2.59. The number of rotatable bonds is 5. The third kappa shape index (κ3) is 4.09. The first-order chi connectivity index (χ1) is 11.2. The number of benzene rings is 1. The average molecular weight is 346 g/mol. The van der Waals surface area contributed by atoms with Crippen LogP contribution in [0.25, 0.3) is 0 Å². The van der Waals surface area contributed by atoms with Crippen LogP contribution in [0, 0.1) is 0 Å². The molecule has 2 heterocycles. The topological polar surface area (TPSA) is 62.7 Å². The number of hydrogen-bond donors (Lipinski definition) is 2. The molecule has 5 nitrogen and oxygen atoms in total. The second kappa shape index (κ2) is 7.26. The number of anilines is 3. The van der Waals surface area contributed by atoms with Crippen molar-refractivity contribution in [2.75, 3.05) is 10.6 Å². The Morgan fingerprint density at radius 3 is 2.74 bits per heavy atom. The molecular formula is C16H13Cl2N5. The van der Waals surface area contributed by atoms with Crippen LogP contribution in [-0.4, -0.2) is 15.0 Å². The number of halogens is 2. The van der Waals surface area contributed by atoms with Crippen LogP contribution in [0.5, 0.6) is 0 Å². The van der Waals surface area contributed by atoms with E-state index in [4.69, 9.17) is 23.2 Å². The molecule has 0 aliphatic carbocycles. The summed E-state index contributed by atoms with van der Waals surface area (Å²) in [4.78, 5) is 12.7. The zero-order valence-electron chi connectivity index (χ0n) is 12.0. The van der Waals surface area contributed by atoms with E-state index in [-0.39, 0.29) is 0 Å². The highest BCUT2D eigenvalue weighted by Crippen LogP contribution is 2.30. The predicted octanol–water partition coefficient (Wildman–Crippen LogP) is 4.53. The molecule has 116 valence electrons. The Balaban J connectivity index is 1.71.